The average Bonchev–Trinajstić information content (AvgIpc) is 2.68. The van der Waals surface area contributed by atoms with Gasteiger partial charge in [0.1, 0.15) is 6.10 Å². The third-order valence-electron chi connectivity index (χ3n) is 5.51. The molecule has 1 amide bonds. The van der Waals surface area contributed by atoms with Crippen molar-refractivity contribution in [1.29, 1.82) is 0 Å². The highest BCUT2D eigenvalue weighted by molar-refractivity contribution is 5.84. The molecule has 0 unspecified atom stereocenters. The van der Waals surface area contributed by atoms with E-state index in [0.717, 1.165) is 31.7 Å². The lowest BCUT2D eigenvalue weighted by molar-refractivity contribution is 0.0833. The van der Waals surface area contributed by atoms with Crippen molar-refractivity contribution in [2.75, 3.05) is 25.0 Å². The van der Waals surface area contributed by atoms with Gasteiger partial charge in [0.15, 0.2) is 0 Å². The first-order valence-corrected chi connectivity index (χ1v) is 11.5. The summed E-state index contributed by atoms with van der Waals surface area (Å²) >= 11 is 0. The predicted octanol–water partition coefficient (Wildman–Crippen LogP) is 6.40. The van der Waals surface area contributed by atoms with Crippen LogP contribution in [0, 0.1) is 0 Å². The lowest BCUT2D eigenvalue weighted by Gasteiger charge is -2.28. The second kappa shape index (κ2) is 13.6. The Hall–Kier alpha value is -1.55. The molecule has 158 valence electrons. The summed E-state index contributed by atoms with van der Waals surface area (Å²) in [4.78, 5) is 14.6. The fraction of sp³-hybridized carbons (Fsp3) is 0.708. The molecule has 0 bridgehead atoms. The van der Waals surface area contributed by atoms with E-state index < -0.39 is 0 Å². The van der Waals surface area contributed by atoms with Crippen molar-refractivity contribution in [2.24, 2.45) is 0 Å². The second-order valence-electron chi connectivity index (χ2n) is 8.27. The maximum Gasteiger partial charge on any atom is 0.411 e. The minimum absolute atomic E-state index is 0.0889. The van der Waals surface area contributed by atoms with Gasteiger partial charge < -0.3 is 4.74 Å². The summed E-state index contributed by atoms with van der Waals surface area (Å²) in [6.45, 7) is 7.30. The first-order valence-electron chi connectivity index (χ1n) is 11.5. The van der Waals surface area contributed by atoms with Gasteiger partial charge in [-0.25, -0.2) is 4.79 Å². The topological polar surface area (TPSA) is 41.6 Å². The van der Waals surface area contributed by atoms with E-state index in [1.54, 1.807) is 0 Å². The number of nitrogens with one attached hydrogen (secondary N) is 1. The van der Waals surface area contributed by atoms with Crippen molar-refractivity contribution in [3.63, 3.8) is 0 Å². The van der Waals surface area contributed by atoms with E-state index in [4.69, 9.17) is 4.74 Å². The molecule has 1 N–H and O–H groups in total. The van der Waals surface area contributed by atoms with Crippen LogP contribution in [0.1, 0.15) is 83.6 Å². The zero-order chi connectivity index (χ0) is 20.0. The Morgan fingerprint density at radius 1 is 1.07 bits per heavy atom. The van der Waals surface area contributed by atoms with E-state index in [0.29, 0.717) is 0 Å². The number of unbranched alkanes of at least 4 members (excludes halogenated alkanes) is 6. The van der Waals surface area contributed by atoms with Crippen LogP contribution >= 0.6 is 0 Å². The number of nitrogens with zero attached hydrogens (tertiary/aromatic N) is 1. The number of aryl methyl sites for hydroxylation is 1. The number of amides is 1. The molecular weight excluding hydrogens is 348 g/mol. The van der Waals surface area contributed by atoms with Crippen LogP contribution in [0.3, 0.4) is 0 Å². The van der Waals surface area contributed by atoms with Crippen LogP contribution < -0.4 is 5.32 Å². The molecule has 1 aromatic rings. The summed E-state index contributed by atoms with van der Waals surface area (Å²) in [5.74, 6) is 0. The number of hydrogen-bond donors (Lipinski definition) is 1. The van der Waals surface area contributed by atoms with Crippen LogP contribution in [0.5, 0.6) is 0 Å². The number of anilines is 1. The molecule has 1 aliphatic rings. The third kappa shape index (κ3) is 9.59. The standard InChI is InChI=1S/C24H40N2O2/c1-3-4-5-6-7-8-10-14-22-15-13-16-23(19-22)25-24(27)28-21(2)20-26-17-11-9-12-18-26/h13,15-16,19,21H,3-12,14,17-18,20H2,1-2H3,(H,25,27)/t21-/m0/s1. The smallest absolute Gasteiger partial charge is 0.411 e. The summed E-state index contributed by atoms with van der Waals surface area (Å²) in [5, 5.41) is 2.90. The molecule has 0 saturated carbocycles. The second-order valence-corrected chi connectivity index (χ2v) is 8.27. The molecule has 1 fully saturated rings. The van der Waals surface area contributed by atoms with Crippen LogP contribution in [-0.4, -0.2) is 36.7 Å². The largest absolute Gasteiger partial charge is 0.445 e. The van der Waals surface area contributed by atoms with Gasteiger partial charge in [-0.2, -0.15) is 0 Å². The molecule has 0 aromatic heterocycles. The number of hydrogen-bond acceptors (Lipinski definition) is 3. The summed E-state index contributed by atoms with van der Waals surface area (Å²) in [6.07, 6.45) is 13.7. The molecule has 1 aromatic carbocycles. The van der Waals surface area contributed by atoms with Gasteiger partial charge in [-0.15, -0.1) is 0 Å². The number of carbonyl (C=O) groups excluding carboxylic acids is 1. The van der Waals surface area contributed by atoms with E-state index in [2.05, 4.69) is 29.3 Å². The quantitative estimate of drug-likeness (QED) is 0.421. The van der Waals surface area contributed by atoms with Crippen LogP contribution in [0.25, 0.3) is 0 Å². The number of piperidine rings is 1. The third-order valence-corrected chi connectivity index (χ3v) is 5.51. The SMILES string of the molecule is CCCCCCCCCc1cccc(NC(=O)O[C@@H](C)CN2CCCCC2)c1. The van der Waals surface area contributed by atoms with Gasteiger partial charge in [0, 0.05) is 12.2 Å². The predicted molar refractivity (Wildman–Crippen MR) is 118 cm³/mol. The highest BCUT2D eigenvalue weighted by atomic mass is 16.6. The van der Waals surface area contributed by atoms with E-state index in [1.165, 1.54) is 69.8 Å². The van der Waals surface area contributed by atoms with Crippen molar-refractivity contribution < 1.29 is 9.53 Å². The Labute approximate surface area is 172 Å². The summed E-state index contributed by atoms with van der Waals surface area (Å²) in [6, 6.07) is 8.17. The van der Waals surface area contributed by atoms with E-state index in [1.807, 2.05) is 19.1 Å². The molecular formula is C24H40N2O2. The van der Waals surface area contributed by atoms with Crippen LogP contribution in [-0.2, 0) is 11.2 Å². The van der Waals surface area contributed by atoms with Gasteiger partial charge in [0.2, 0.25) is 0 Å². The lowest BCUT2D eigenvalue weighted by Crippen LogP contribution is -2.37. The van der Waals surface area contributed by atoms with Crippen LogP contribution in [0.4, 0.5) is 10.5 Å². The number of likely N-dealkylation sites (tertiary alicyclic amines) is 1. The fourth-order valence-electron chi connectivity index (χ4n) is 3.96. The molecule has 4 nitrogen and oxygen atoms in total. The molecule has 0 aliphatic carbocycles. The van der Waals surface area contributed by atoms with Crippen molar-refractivity contribution in [2.45, 2.75) is 90.6 Å². The number of rotatable bonds is 12. The molecule has 2 rings (SSSR count). The maximum absolute atomic E-state index is 12.2. The molecule has 1 aliphatic heterocycles. The molecule has 0 spiro atoms. The van der Waals surface area contributed by atoms with E-state index in [-0.39, 0.29) is 12.2 Å². The van der Waals surface area contributed by atoms with Gasteiger partial charge in [0.05, 0.1) is 0 Å². The first-order chi connectivity index (χ1) is 13.7. The Bertz CT molecular complexity index is 555. The molecule has 1 atom stereocenters. The molecule has 1 heterocycles. The van der Waals surface area contributed by atoms with Gasteiger partial charge >= 0.3 is 6.09 Å². The molecule has 0 radical (unpaired) electrons. The zero-order valence-corrected chi connectivity index (χ0v) is 18.0. The van der Waals surface area contributed by atoms with Crippen LogP contribution in [0.2, 0.25) is 0 Å². The minimum atomic E-state index is -0.349. The van der Waals surface area contributed by atoms with Gasteiger partial charge in [0.25, 0.3) is 0 Å². The highest BCUT2D eigenvalue weighted by Crippen LogP contribution is 2.16. The Kier molecular flexibility index (Phi) is 11.0. The summed E-state index contributed by atoms with van der Waals surface area (Å²) in [5.41, 5.74) is 2.11. The van der Waals surface area contributed by atoms with Gasteiger partial charge in [-0.1, -0.05) is 64.0 Å². The minimum Gasteiger partial charge on any atom is -0.445 e. The fourth-order valence-corrected chi connectivity index (χ4v) is 3.96. The Balaban J connectivity index is 1.65. The van der Waals surface area contributed by atoms with Crippen LogP contribution in [0.15, 0.2) is 24.3 Å². The molecule has 1 saturated heterocycles. The number of carbonyl (C=O) groups is 1. The highest BCUT2D eigenvalue weighted by Gasteiger charge is 2.16. The zero-order valence-electron chi connectivity index (χ0n) is 18.0. The van der Waals surface area contributed by atoms with Crippen molar-refractivity contribution in [1.82, 2.24) is 4.90 Å². The molecule has 28 heavy (non-hydrogen) atoms. The van der Waals surface area contributed by atoms with Gasteiger partial charge in [-0.05, 0) is 63.4 Å². The van der Waals surface area contributed by atoms with Crippen molar-refractivity contribution in [3.8, 4) is 0 Å². The average molecular weight is 389 g/mol. The first kappa shape index (κ1) is 22.7. The van der Waals surface area contributed by atoms with E-state index >= 15 is 0 Å². The Morgan fingerprint density at radius 3 is 2.54 bits per heavy atom. The maximum atomic E-state index is 12.2. The van der Waals surface area contributed by atoms with E-state index in [9.17, 15) is 4.79 Å². The monoisotopic (exact) mass is 388 g/mol. The lowest BCUT2D eigenvalue weighted by atomic mass is 10.0. The van der Waals surface area contributed by atoms with Gasteiger partial charge in [-0.3, -0.25) is 10.2 Å². The summed E-state index contributed by atoms with van der Waals surface area (Å²) < 4.78 is 5.55. The van der Waals surface area contributed by atoms with Crippen molar-refractivity contribution in [3.05, 3.63) is 29.8 Å². The Morgan fingerprint density at radius 2 is 1.79 bits per heavy atom. The normalized spacial score (nSPS) is 15.9. The number of benzene rings is 1. The summed E-state index contributed by atoms with van der Waals surface area (Å²) in [7, 11) is 0. The van der Waals surface area contributed by atoms with Crippen molar-refractivity contribution >= 4 is 11.8 Å². The number of ether oxygens (including phenoxy) is 1. The molecule has 4 heteroatoms.